The lowest BCUT2D eigenvalue weighted by molar-refractivity contribution is 0.249. The Labute approximate surface area is 125 Å². The first kappa shape index (κ1) is 14.8. The van der Waals surface area contributed by atoms with Crippen LogP contribution in [0.5, 0.6) is 11.5 Å². The van der Waals surface area contributed by atoms with Crippen molar-refractivity contribution in [2.45, 2.75) is 0 Å². The summed E-state index contributed by atoms with van der Waals surface area (Å²) in [6.07, 6.45) is 1.36. The Morgan fingerprint density at radius 1 is 1.24 bits per heavy atom. The molecule has 2 aromatic rings. The molecule has 0 saturated heterocycles. The lowest BCUT2D eigenvalue weighted by Gasteiger charge is -2.07. The highest BCUT2D eigenvalue weighted by molar-refractivity contribution is 6.33. The average Bonchev–Trinajstić information content (AvgIpc) is 2.43. The Kier molecular flexibility index (Phi) is 4.73. The highest BCUT2D eigenvalue weighted by atomic mass is 35.5. The largest absolute Gasteiger partial charge is 0.457 e. The third kappa shape index (κ3) is 4.47. The van der Waals surface area contributed by atoms with E-state index >= 15 is 0 Å². The molecule has 0 bridgehead atoms. The van der Waals surface area contributed by atoms with Crippen LogP contribution in [0.3, 0.4) is 0 Å². The maximum Gasteiger partial charge on any atom is 0.332 e. The van der Waals surface area contributed by atoms with E-state index in [2.05, 4.69) is 10.5 Å². The third-order valence-electron chi connectivity index (χ3n) is 2.40. The van der Waals surface area contributed by atoms with Gasteiger partial charge in [0, 0.05) is 11.6 Å². The van der Waals surface area contributed by atoms with Crippen molar-refractivity contribution in [1.29, 1.82) is 0 Å². The number of rotatable bonds is 4. The van der Waals surface area contributed by atoms with Crippen LogP contribution in [0.4, 0.5) is 9.18 Å². The van der Waals surface area contributed by atoms with Gasteiger partial charge in [-0.1, -0.05) is 11.6 Å². The highest BCUT2D eigenvalue weighted by Gasteiger charge is 2.03. The molecule has 21 heavy (non-hydrogen) atoms. The second kappa shape index (κ2) is 6.71. The van der Waals surface area contributed by atoms with Gasteiger partial charge in [0.2, 0.25) is 0 Å². The van der Waals surface area contributed by atoms with Gasteiger partial charge in [-0.05, 0) is 36.4 Å². The Morgan fingerprint density at radius 3 is 2.52 bits per heavy atom. The molecule has 0 atom stereocenters. The van der Waals surface area contributed by atoms with E-state index < -0.39 is 6.03 Å². The fourth-order valence-corrected chi connectivity index (χ4v) is 1.70. The maximum atomic E-state index is 12.8. The molecule has 0 heterocycles. The molecule has 0 fully saturated rings. The standard InChI is InChI=1S/C14H11ClFN3O2/c15-13-7-12(21-11-5-2-10(16)3-6-11)4-1-9(13)8-18-19-14(17)20/h1-8H,(H3,17,19,20). The smallest absolute Gasteiger partial charge is 0.332 e. The molecule has 0 aliphatic rings. The van der Waals surface area contributed by atoms with Crippen LogP contribution < -0.4 is 15.9 Å². The normalized spacial score (nSPS) is 10.6. The van der Waals surface area contributed by atoms with Crippen LogP contribution in [0.1, 0.15) is 5.56 Å². The van der Waals surface area contributed by atoms with Crippen LogP contribution in [0.15, 0.2) is 47.6 Å². The summed E-state index contributed by atoms with van der Waals surface area (Å²) in [4.78, 5) is 10.5. The van der Waals surface area contributed by atoms with Crippen LogP contribution in [0.2, 0.25) is 5.02 Å². The van der Waals surface area contributed by atoms with Crippen molar-refractivity contribution in [1.82, 2.24) is 5.43 Å². The van der Waals surface area contributed by atoms with E-state index in [1.54, 1.807) is 18.2 Å². The van der Waals surface area contributed by atoms with Crippen molar-refractivity contribution in [3.8, 4) is 11.5 Å². The minimum atomic E-state index is -0.765. The van der Waals surface area contributed by atoms with Gasteiger partial charge < -0.3 is 10.5 Å². The number of nitrogens with one attached hydrogen (secondary N) is 1. The zero-order valence-corrected chi connectivity index (χ0v) is 11.5. The fourth-order valence-electron chi connectivity index (χ4n) is 1.48. The number of nitrogens with zero attached hydrogens (tertiary/aromatic N) is 1. The molecule has 7 heteroatoms. The Hall–Kier alpha value is -2.60. The molecule has 0 aliphatic heterocycles. The number of ether oxygens (including phenoxy) is 1. The van der Waals surface area contributed by atoms with Crippen LogP contribution >= 0.6 is 11.6 Å². The first-order chi connectivity index (χ1) is 10.0. The molecule has 0 aromatic heterocycles. The number of amides is 2. The molecule has 0 unspecified atom stereocenters. The minimum Gasteiger partial charge on any atom is -0.457 e. The third-order valence-corrected chi connectivity index (χ3v) is 2.73. The van der Waals surface area contributed by atoms with Gasteiger partial charge in [0.1, 0.15) is 17.3 Å². The number of carbonyl (C=O) groups is 1. The lowest BCUT2D eigenvalue weighted by Crippen LogP contribution is -2.24. The number of hydrogen-bond acceptors (Lipinski definition) is 3. The zero-order chi connectivity index (χ0) is 15.2. The minimum absolute atomic E-state index is 0.339. The first-order valence-electron chi connectivity index (χ1n) is 5.86. The Bertz CT molecular complexity index is 674. The number of nitrogens with two attached hydrogens (primary N) is 1. The summed E-state index contributed by atoms with van der Waals surface area (Å²) in [6.45, 7) is 0. The molecule has 0 radical (unpaired) electrons. The van der Waals surface area contributed by atoms with Crippen molar-refractivity contribution in [2.24, 2.45) is 10.8 Å². The van der Waals surface area contributed by atoms with Crippen LogP contribution in [0.25, 0.3) is 0 Å². The summed E-state index contributed by atoms with van der Waals surface area (Å²) in [6, 6.07) is 9.76. The lowest BCUT2D eigenvalue weighted by atomic mass is 10.2. The number of carbonyl (C=O) groups excluding carboxylic acids is 1. The summed E-state index contributed by atoms with van der Waals surface area (Å²) in [7, 11) is 0. The van der Waals surface area contributed by atoms with Gasteiger partial charge in [-0.15, -0.1) is 0 Å². The second-order valence-corrected chi connectivity index (χ2v) is 4.38. The van der Waals surface area contributed by atoms with E-state index in [4.69, 9.17) is 22.1 Å². The number of hydrazone groups is 1. The molecule has 3 N–H and O–H groups in total. The van der Waals surface area contributed by atoms with Gasteiger partial charge in [-0.3, -0.25) is 0 Å². The van der Waals surface area contributed by atoms with Gasteiger partial charge in [0.25, 0.3) is 0 Å². The fraction of sp³-hybridized carbons (Fsp3) is 0. The number of primary amides is 1. The highest BCUT2D eigenvalue weighted by Crippen LogP contribution is 2.26. The molecule has 2 amide bonds. The predicted molar refractivity (Wildman–Crippen MR) is 78.2 cm³/mol. The van der Waals surface area contributed by atoms with E-state index in [9.17, 15) is 9.18 Å². The second-order valence-electron chi connectivity index (χ2n) is 3.97. The quantitative estimate of drug-likeness (QED) is 0.672. The summed E-state index contributed by atoms with van der Waals surface area (Å²) in [5.74, 6) is 0.643. The van der Waals surface area contributed by atoms with Gasteiger partial charge >= 0.3 is 6.03 Å². The molecule has 2 aromatic carbocycles. The molecule has 0 aliphatic carbocycles. The molecule has 0 spiro atoms. The molecular formula is C14H11ClFN3O2. The molecule has 2 rings (SSSR count). The van der Waals surface area contributed by atoms with E-state index in [1.165, 1.54) is 30.5 Å². The molecular weight excluding hydrogens is 297 g/mol. The molecule has 0 saturated carbocycles. The summed E-state index contributed by atoms with van der Waals surface area (Å²) in [5, 5.41) is 3.99. The van der Waals surface area contributed by atoms with Crippen molar-refractivity contribution in [3.63, 3.8) is 0 Å². The number of benzene rings is 2. The van der Waals surface area contributed by atoms with E-state index in [1.807, 2.05) is 0 Å². The van der Waals surface area contributed by atoms with E-state index in [-0.39, 0.29) is 5.82 Å². The average molecular weight is 308 g/mol. The number of hydrogen-bond donors (Lipinski definition) is 2. The SMILES string of the molecule is NC(=O)NN=Cc1ccc(Oc2ccc(F)cc2)cc1Cl. The monoisotopic (exact) mass is 307 g/mol. The van der Waals surface area contributed by atoms with E-state index in [0.29, 0.717) is 22.1 Å². The van der Waals surface area contributed by atoms with Crippen LogP contribution in [0, 0.1) is 5.82 Å². The molecule has 5 nitrogen and oxygen atoms in total. The number of urea groups is 1. The summed E-state index contributed by atoms with van der Waals surface area (Å²) < 4.78 is 18.3. The summed E-state index contributed by atoms with van der Waals surface area (Å²) in [5.41, 5.74) is 7.52. The summed E-state index contributed by atoms with van der Waals surface area (Å²) >= 11 is 6.06. The first-order valence-corrected chi connectivity index (χ1v) is 6.24. The van der Waals surface area contributed by atoms with Crippen LogP contribution in [-0.2, 0) is 0 Å². The Balaban J connectivity index is 2.09. The predicted octanol–water partition coefficient (Wildman–Crippen LogP) is 3.27. The van der Waals surface area contributed by atoms with Crippen LogP contribution in [-0.4, -0.2) is 12.2 Å². The van der Waals surface area contributed by atoms with E-state index in [0.717, 1.165) is 0 Å². The Morgan fingerprint density at radius 2 is 1.90 bits per heavy atom. The number of halogens is 2. The van der Waals surface area contributed by atoms with Crippen molar-refractivity contribution >= 4 is 23.8 Å². The van der Waals surface area contributed by atoms with Gasteiger partial charge in [-0.2, -0.15) is 5.10 Å². The van der Waals surface area contributed by atoms with Crippen molar-refractivity contribution in [3.05, 3.63) is 58.9 Å². The van der Waals surface area contributed by atoms with Gasteiger partial charge in [-0.25, -0.2) is 14.6 Å². The topological polar surface area (TPSA) is 76.7 Å². The zero-order valence-electron chi connectivity index (χ0n) is 10.7. The van der Waals surface area contributed by atoms with Gasteiger partial charge in [0.15, 0.2) is 0 Å². The molecule has 108 valence electrons. The van der Waals surface area contributed by atoms with Gasteiger partial charge in [0.05, 0.1) is 11.2 Å². The van der Waals surface area contributed by atoms with Crippen molar-refractivity contribution in [2.75, 3.05) is 0 Å². The van der Waals surface area contributed by atoms with Crippen molar-refractivity contribution < 1.29 is 13.9 Å². The maximum absolute atomic E-state index is 12.8.